The molecular formula is C21H19BrClN3O3. The molecule has 2 heterocycles. The summed E-state index contributed by atoms with van der Waals surface area (Å²) < 4.78 is 6.12. The zero-order valence-electron chi connectivity index (χ0n) is 15.9. The Labute approximate surface area is 181 Å². The second kappa shape index (κ2) is 7.82. The number of nitrogens with one attached hydrogen (secondary N) is 1. The number of benzene rings is 2. The summed E-state index contributed by atoms with van der Waals surface area (Å²) in [6, 6.07) is 10.7. The smallest absolute Gasteiger partial charge is 0.273 e. The van der Waals surface area contributed by atoms with Gasteiger partial charge in [-0.1, -0.05) is 39.7 Å². The fourth-order valence-corrected chi connectivity index (χ4v) is 4.28. The number of ether oxygens (including phenoxy) is 1. The Hall–Kier alpha value is -2.35. The van der Waals surface area contributed by atoms with E-state index in [-0.39, 0.29) is 17.7 Å². The second-order valence-electron chi connectivity index (χ2n) is 6.93. The quantitative estimate of drug-likeness (QED) is 0.559. The summed E-state index contributed by atoms with van der Waals surface area (Å²) in [4.78, 5) is 14.9. The SMILES string of the molecule is COCCN1C(=O)c2[nH]nc(-c3cc(Cl)c(C)cc3O)c2C1c1cccc(Br)c1. The lowest BCUT2D eigenvalue weighted by atomic mass is 9.95. The van der Waals surface area contributed by atoms with Crippen molar-refractivity contribution in [2.75, 3.05) is 20.3 Å². The summed E-state index contributed by atoms with van der Waals surface area (Å²) in [5.41, 5.74) is 3.83. The molecule has 0 radical (unpaired) electrons. The lowest BCUT2D eigenvalue weighted by Gasteiger charge is -2.26. The fourth-order valence-electron chi connectivity index (χ4n) is 3.70. The van der Waals surface area contributed by atoms with E-state index in [9.17, 15) is 9.90 Å². The van der Waals surface area contributed by atoms with E-state index >= 15 is 0 Å². The first-order valence-electron chi connectivity index (χ1n) is 9.05. The van der Waals surface area contributed by atoms with Crippen LogP contribution in [0.25, 0.3) is 11.3 Å². The lowest BCUT2D eigenvalue weighted by molar-refractivity contribution is 0.0677. The van der Waals surface area contributed by atoms with Gasteiger partial charge in [0.05, 0.1) is 12.6 Å². The number of halogens is 2. The van der Waals surface area contributed by atoms with Gasteiger partial charge in [-0.2, -0.15) is 5.10 Å². The molecule has 0 spiro atoms. The third kappa shape index (κ3) is 3.43. The van der Waals surface area contributed by atoms with Gasteiger partial charge < -0.3 is 14.7 Å². The van der Waals surface area contributed by atoms with Crippen LogP contribution in [0.5, 0.6) is 5.75 Å². The number of aromatic amines is 1. The van der Waals surface area contributed by atoms with E-state index in [1.54, 1.807) is 24.1 Å². The molecule has 1 atom stereocenters. The van der Waals surface area contributed by atoms with Gasteiger partial charge in [0.2, 0.25) is 0 Å². The topological polar surface area (TPSA) is 78.5 Å². The lowest BCUT2D eigenvalue weighted by Crippen LogP contribution is -2.32. The van der Waals surface area contributed by atoms with Crippen molar-refractivity contribution in [2.24, 2.45) is 0 Å². The van der Waals surface area contributed by atoms with Gasteiger partial charge in [0.15, 0.2) is 0 Å². The van der Waals surface area contributed by atoms with Gasteiger partial charge in [-0.25, -0.2) is 0 Å². The molecule has 2 N–H and O–H groups in total. The van der Waals surface area contributed by atoms with Crippen LogP contribution >= 0.6 is 27.5 Å². The number of carbonyl (C=O) groups is 1. The Balaban J connectivity index is 1.91. The maximum atomic E-state index is 13.1. The Morgan fingerprint density at radius 2 is 2.14 bits per heavy atom. The Morgan fingerprint density at radius 3 is 2.86 bits per heavy atom. The maximum absolute atomic E-state index is 13.1. The van der Waals surface area contributed by atoms with Crippen molar-refractivity contribution in [3.05, 3.63) is 68.3 Å². The number of rotatable bonds is 5. The van der Waals surface area contributed by atoms with Crippen LogP contribution in [0.4, 0.5) is 0 Å². The number of aromatic hydroxyl groups is 1. The molecule has 29 heavy (non-hydrogen) atoms. The van der Waals surface area contributed by atoms with Gasteiger partial charge in [-0.15, -0.1) is 0 Å². The van der Waals surface area contributed by atoms with Crippen molar-refractivity contribution in [2.45, 2.75) is 13.0 Å². The zero-order chi connectivity index (χ0) is 20.7. The number of phenolic OH excluding ortho intramolecular Hbond substituents is 1. The standard InChI is InChI=1S/C21H19BrClN3O3/c1-11-8-16(27)14(10-15(11)23)18-17-19(25-24-18)21(28)26(6-7-29-2)20(17)12-4-3-5-13(22)9-12/h3-5,8-10,20,27H,6-7H2,1-2H3,(H,24,25). The van der Waals surface area contributed by atoms with Gasteiger partial charge >= 0.3 is 0 Å². The highest BCUT2D eigenvalue weighted by atomic mass is 79.9. The average molecular weight is 477 g/mol. The highest BCUT2D eigenvalue weighted by molar-refractivity contribution is 9.10. The van der Waals surface area contributed by atoms with Gasteiger partial charge in [0.1, 0.15) is 17.1 Å². The predicted molar refractivity (Wildman–Crippen MR) is 114 cm³/mol. The molecule has 1 aliphatic rings. The van der Waals surface area contributed by atoms with Crippen LogP contribution in [0.15, 0.2) is 40.9 Å². The van der Waals surface area contributed by atoms with Crippen molar-refractivity contribution in [1.82, 2.24) is 15.1 Å². The van der Waals surface area contributed by atoms with E-state index in [0.29, 0.717) is 35.1 Å². The molecule has 150 valence electrons. The van der Waals surface area contributed by atoms with E-state index in [2.05, 4.69) is 26.1 Å². The van der Waals surface area contributed by atoms with E-state index < -0.39 is 0 Å². The summed E-state index contributed by atoms with van der Waals surface area (Å²) in [5, 5.41) is 18.3. The molecule has 8 heteroatoms. The van der Waals surface area contributed by atoms with E-state index in [4.69, 9.17) is 16.3 Å². The minimum Gasteiger partial charge on any atom is -0.507 e. The largest absolute Gasteiger partial charge is 0.507 e. The first-order valence-corrected chi connectivity index (χ1v) is 10.2. The van der Waals surface area contributed by atoms with E-state index in [1.807, 2.05) is 31.2 Å². The summed E-state index contributed by atoms with van der Waals surface area (Å²) in [6.07, 6.45) is 0. The minimum absolute atomic E-state index is 0.0667. The number of hydrogen-bond donors (Lipinski definition) is 2. The predicted octanol–water partition coefficient (Wildman–Crippen LogP) is 4.70. The molecule has 0 saturated heterocycles. The van der Waals surface area contributed by atoms with Crippen LogP contribution in [0.3, 0.4) is 0 Å². The van der Waals surface area contributed by atoms with Crippen molar-refractivity contribution in [3.8, 4) is 17.0 Å². The van der Waals surface area contributed by atoms with E-state index in [1.165, 1.54) is 0 Å². The number of aryl methyl sites for hydroxylation is 1. The molecule has 1 amide bonds. The molecule has 0 aliphatic carbocycles. The Morgan fingerprint density at radius 1 is 1.34 bits per heavy atom. The monoisotopic (exact) mass is 475 g/mol. The summed E-state index contributed by atoms with van der Waals surface area (Å²) in [5.74, 6) is -0.0875. The van der Waals surface area contributed by atoms with Gasteiger partial charge in [0, 0.05) is 34.3 Å². The van der Waals surface area contributed by atoms with Crippen molar-refractivity contribution < 1.29 is 14.6 Å². The Bertz CT molecular complexity index is 1100. The van der Waals surface area contributed by atoms with Gasteiger partial charge in [-0.05, 0) is 42.3 Å². The number of nitrogens with zero attached hydrogens (tertiary/aromatic N) is 2. The minimum atomic E-state index is -0.363. The number of methoxy groups -OCH3 is 1. The normalized spacial score (nSPS) is 15.8. The first-order chi connectivity index (χ1) is 13.9. The van der Waals surface area contributed by atoms with Crippen molar-refractivity contribution in [1.29, 1.82) is 0 Å². The van der Waals surface area contributed by atoms with Crippen LogP contribution < -0.4 is 0 Å². The second-order valence-corrected chi connectivity index (χ2v) is 8.25. The number of phenols is 1. The molecule has 1 aliphatic heterocycles. The van der Waals surface area contributed by atoms with Crippen LogP contribution in [-0.2, 0) is 4.74 Å². The molecule has 0 bridgehead atoms. The maximum Gasteiger partial charge on any atom is 0.273 e. The molecule has 6 nitrogen and oxygen atoms in total. The Kier molecular flexibility index (Phi) is 5.38. The highest BCUT2D eigenvalue weighted by Gasteiger charge is 2.42. The van der Waals surface area contributed by atoms with Crippen molar-refractivity contribution >= 4 is 33.4 Å². The van der Waals surface area contributed by atoms with Crippen molar-refractivity contribution in [3.63, 3.8) is 0 Å². The van der Waals surface area contributed by atoms with Gasteiger partial charge in [0.25, 0.3) is 5.91 Å². The van der Waals surface area contributed by atoms with Crippen LogP contribution in [0, 0.1) is 6.92 Å². The molecule has 4 rings (SSSR count). The zero-order valence-corrected chi connectivity index (χ0v) is 18.2. The number of carbonyl (C=O) groups excluding carboxylic acids is 1. The fraction of sp³-hybridized carbons (Fsp3) is 0.238. The number of amides is 1. The number of H-pyrrole nitrogens is 1. The number of fused-ring (bicyclic) bond motifs is 1. The molecule has 0 saturated carbocycles. The third-order valence-electron chi connectivity index (χ3n) is 5.10. The highest BCUT2D eigenvalue weighted by Crippen LogP contribution is 2.45. The third-order valence-corrected chi connectivity index (χ3v) is 6.00. The van der Waals surface area contributed by atoms with Crippen LogP contribution in [0.1, 0.15) is 33.2 Å². The number of aromatic nitrogens is 2. The molecule has 3 aromatic rings. The number of hydrogen-bond acceptors (Lipinski definition) is 4. The molecule has 1 aromatic heterocycles. The van der Waals surface area contributed by atoms with Gasteiger partial charge in [-0.3, -0.25) is 9.89 Å². The summed E-state index contributed by atoms with van der Waals surface area (Å²) >= 11 is 9.82. The molecule has 0 fully saturated rings. The van der Waals surface area contributed by atoms with E-state index in [0.717, 1.165) is 21.2 Å². The molecule has 2 aromatic carbocycles. The first kappa shape index (κ1) is 19.9. The molecule has 1 unspecified atom stereocenters. The summed E-state index contributed by atoms with van der Waals surface area (Å²) in [7, 11) is 1.60. The molecular weight excluding hydrogens is 458 g/mol. The van der Waals surface area contributed by atoms with Crippen LogP contribution in [0.2, 0.25) is 5.02 Å². The van der Waals surface area contributed by atoms with Crippen LogP contribution in [-0.4, -0.2) is 46.4 Å². The average Bonchev–Trinajstić information content (AvgIpc) is 3.22. The summed E-state index contributed by atoms with van der Waals surface area (Å²) in [6.45, 7) is 2.65.